The minimum absolute atomic E-state index is 0.271. The van der Waals surface area contributed by atoms with Gasteiger partial charge in [-0.05, 0) is 42.1 Å². The van der Waals surface area contributed by atoms with Gasteiger partial charge >= 0.3 is 0 Å². The third-order valence-corrected chi connectivity index (χ3v) is 4.45. The van der Waals surface area contributed by atoms with E-state index in [-0.39, 0.29) is 6.61 Å². The molecule has 1 heterocycles. The molecule has 0 amide bonds. The minimum atomic E-state index is 0.271. The molecule has 0 saturated carbocycles. The van der Waals surface area contributed by atoms with Gasteiger partial charge in [-0.2, -0.15) is 0 Å². The van der Waals surface area contributed by atoms with Gasteiger partial charge in [0.15, 0.2) is 0 Å². The summed E-state index contributed by atoms with van der Waals surface area (Å²) in [4.78, 5) is 2.60. The van der Waals surface area contributed by atoms with Crippen LogP contribution >= 0.6 is 23.1 Å². The number of hydrogen-bond donors (Lipinski definition) is 2. The highest BCUT2D eigenvalue weighted by Crippen LogP contribution is 2.21. The number of hydrogen-bond acceptors (Lipinski definition) is 4. The van der Waals surface area contributed by atoms with Crippen molar-refractivity contribution in [3.05, 3.63) is 46.7 Å². The van der Waals surface area contributed by atoms with Gasteiger partial charge in [0.2, 0.25) is 0 Å². The SMILES string of the molecule is OCCCSc1ccc(NCc2cccs2)cc1. The van der Waals surface area contributed by atoms with Gasteiger partial charge in [0, 0.05) is 34.4 Å². The predicted octanol–water partition coefficient (Wildman–Crippen LogP) is 3.83. The van der Waals surface area contributed by atoms with E-state index in [0.29, 0.717) is 0 Å². The Morgan fingerprint density at radius 3 is 2.67 bits per heavy atom. The van der Waals surface area contributed by atoms with E-state index >= 15 is 0 Å². The Morgan fingerprint density at radius 2 is 2.00 bits per heavy atom. The molecule has 0 saturated heterocycles. The molecule has 0 spiro atoms. The fourth-order valence-corrected chi connectivity index (χ4v) is 3.01. The van der Waals surface area contributed by atoms with E-state index in [1.807, 2.05) is 0 Å². The summed E-state index contributed by atoms with van der Waals surface area (Å²) in [5, 5.41) is 14.2. The second-order valence-electron chi connectivity index (χ2n) is 3.88. The first-order chi connectivity index (χ1) is 8.88. The maximum absolute atomic E-state index is 8.73. The Balaban J connectivity index is 1.80. The Labute approximate surface area is 116 Å². The standard InChI is InChI=1S/C14H17NOS2/c16-8-2-10-17-13-6-4-12(5-7-13)15-11-14-3-1-9-18-14/h1,3-7,9,15-16H,2,8,10-11H2. The van der Waals surface area contributed by atoms with Crippen molar-refractivity contribution in [2.24, 2.45) is 0 Å². The normalized spacial score (nSPS) is 10.5. The highest BCUT2D eigenvalue weighted by molar-refractivity contribution is 7.99. The molecule has 0 unspecified atom stereocenters. The highest BCUT2D eigenvalue weighted by Gasteiger charge is 1.97. The highest BCUT2D eigenvalue weighted by atomic mass is 32.2. The summed E-state index contributed by atoms with van der Waals surface area (Å²) < 4.78 is 0. The largest absolute Gasteiger partial charge is 0.396 e. The molecule has 1 aromatic heterocycles. The molecule has 0 fully saturated rings. The molecule has 2 nitrogen and oxygen atoms in total. The van der Waals surface area contributed by atoms with Crippen molar-refractivity contribution in [1.82, 2.24) is 0 Å². The zero-order chi connectivity index (χ0) is 12.6. The van der Waals surface area contributed by atoms with Crippen molar-refractivity contribution < 1.29 is 5.11 Å². The molecule has 1 aromatic carbocycles. The molecule has 0 aliphatic rings. The van der Waals surface area contributed by atoms with Crippen LogP contribution in [0.4, 0.5) is 5.69 Å². The van der Waals surface area contributed by atoms with E-state index in [2.05, 4.69) is 47.1 Å². The summed E-state index contributed by atoms with van der Waals surface area (Å²) in [7, 11) is 0. The molecule has 2 aromatic rings. The molecule has 0 aliphatic carbocycles. The number of aliphatic hydroxyl groups excluding tert-OH is 1. The average molecular weight is 279 g/mol. The Morgan fingerprint density at radius 1 is 1.17 bits per heavy atom. The topological polar surface area (TPSA) is 32.3 Å². The van der Waals surface area contributed by atoms with Crippen molar-refractivity contribution in [3.8, 4) is 0 Å². The van der Waals surface area contributed by atoms with E-state index in [9.17, 15) is 0 Å². The van der Waals surface area contributed by atoms with Gasteiger partial charge < -0.3 is 10.4 Å². The van der Waals surface area contributed by atoms with Gasteiger partial charge in [0.05, 0.1) is 0 Å². The lowest BCUT2D eigenvalue weighted by Gasteiger charge is -2.06. The predicted molar refractivity (Wildman–Crippen MR) is 80.5 cm³/mol. The molecule has 0 radical (unpaired) electrons. The maximum Gasteiger partial charge on any atom is 0.0494 e. The monoisotopic (exact) mass is 279 g/mol. The van der Waals surface area contributed by atoms with Gasteiger partial charge in [-0.1, -0.05) is 6.07 Å². The van der Waals surface area contributed by atoms with Crippen molar-refractivity contribution >= 4 is 28.8 Å². The molecular formula is C14H17NOS2. The second-order valence-corrected chi connectivity index (χ2v) is 6.08. The zero-order valence-electron chi connectivity index (χ0n) is 10.1. The third-order valence-electron chi connectivity index (χ3n) is 2.47. The van der Waals surface area contributed by atoms with Crippen molar-refractivity contribution in [2.45, 2.75) is 17.9 Å². The van der Waals surface area contributed by atoms with Crippen LogP contribution in [0.5, 0.6) is 0 Å². The molecule has 18 heavy (non-hydrogen) atoms. The zero-order valence-corrected chi connectivity index (χ0v) is 11.8. The lowest BCUT2D eigenvalue weighted by molar-refractivity contribution is 0.296. The number of nitrogens with one attached hydrogen (secondary N) is 1. The molecule has 0 bridgehead atoms. The van der Waals surface area contributed by atoms with Gasteiger partial charge in [-0.15, -0.1) is 23.1 Å². The summed E-state index contributed by atoms with van der Waals surface area (Å²) in [6, 6.07) is 12.7. The molecule has 0 aliphatic heterocycles. The first-order valence-electron chi connectivity index (χ1n) is 5.98. The number of benzene rings is 1. The van der Waals surface area contributed by atoms with Gasteiger partial charge in [-0.3, -0.25) is 0 Å². The van der Waals surface area contributed by atoms with Gasteiger partial charge in [0.1, 0.15) is 0 Å². The summed E-state index contributed by atoms with van der Waals surface area (Å²) >= 11 is 3.55. The van der Waals surface area contributed by atoms with Crippen LogP contribution in [0, 0.1) is 0 Å². The van der Waals surface area contributed by atoms with Crippen molar-refractivity contribution in [1.29, 1.82) is 0 Å². The summed E-state index contributed by atoms with van der Waals surface area (Å²) in [5.74, 6) is 0.971. The molecule has 2 rings (SSSR count). The Kier molecular flexibility index (Phi) is 5.58. The van der Waals surface area contributed by atoms with Crippen LogP contribution in [-0.4, -0.2) is 17.5 Å². The first-order valence-corrected chi connectivity index (χ1v) is 7.85. The van der Waals surface area contributed by atoms with Crippen molar-refractivity contribution in [2.75, 3.05) is 17.7 Å². The number of aliphatic hydroxyl groups is 1. The number of thioether (sulfide) groups is 1. The Hall–Kier alpha value is -0.970. The maximum atomic E-state index is 8.73. The lowest BCUT2D eigenvalue weighted by atomic mass is 10.3. The van der Waals surface area contributed by atoms with Crippen LogP contribution < -0.4 is 5.32 Å². The Bertz CT molecular complexity index is 439. The fraction of sp³-hybridized carbons (Fsp3) is 0.286. The number of anilines is 1. The third kappa shape index (κ3) is 4.37. The molecule has 2 N–H and O–H groups in total. The lowest BCUT2D eigenvalue weighted by Crippen LogP contribution is -1.96. The van der Waals surface area contributed by atoms with Crippen LogP contribution in [0.1, 0.15) is 11.3 Å². The summed E-state index contributed by atoms with van der Waals surface area (Å²) in [5.41, 5.74) is 1.15. The van der Waals surface area contributed by atoms with Gasteiger partial charge in [-0.25, -0.2) is 0 Å². The van der Waals surface area contributed by atoms with E-state index < -0.39 is 0 Å². The van der Waals surface area contributed by atoms with Crippen LogP contribution in [0.25, 0.3) is 0 Å². The average Bonchev–Trinajstić information content (AvgIpc) is 2.91. The fourth-order valence-electron chi connectivity index (χ4n) is 1.53. The number of thiophene rings is 1. The first kappa shape index (κ1) is 13.5. The van der Waals surface area contributed by atoms with E-state index in [0.717, 1.165) is 24.4 Å². The van der Waals surface area contributed by atoms with Crippen LogP contribution in [0.2, 0.25) is 0 Å². The van der Waals surface area contributed by atoms with Crippen molar-refractivity contribution in [3.63, 3.8) is 0 Å². The molecule has 4 heteroatoms. The molecule has 0 atom stereocenters. The molecular weight excluding hydrogens is 262 g/mol. The van der Waals surface area contributed by atoms with Gasteiger partial charge in [0.25, 0.3) is 0 Å². The quantitative estimate of drug-likeness (QED) is 0.597. The van der Waals surface area contributed by atoms with Crippen LogP contribution in [0.15, 0.2) is 46.7 Å². The minimum Gasteiger partial charge on any atom is -0.396 e. The second kappa shape index (κ2) is 7.46. The van der Waals surface area contributed by atoms with E-state index in [1.54, 1.807) is 23.1 Å². The van der Waals surface area contributed by atoms with E-state index in [1.165, 1.54) is 9.77 Å². The molecule has 96 valence electrons. The summed E-state index contributed by atoms with van der Waals surface area (Å²) in [6.07, 6.45) is 0.850. The number of rotatable bonds is 7. The van der Waals surface area contributed by atoms with Crippen LogP contribution in [0.3, 0.4) is 0 Å². The summed E-state index contributed by atoms with van der Waals surface area (Å²) in [6.45, 7) is 1.15. The van der Waals surface area contributed by atoms with E-state index in [4.69, 9.17) is 5.11 Å². The smallest absolute Gasteiger partial charge is 0.0494 e. The van der Waals surface area contributed by atoms with Crippen LogP contribution in [-0.2, 0) is 6.54 Å².